The van der Waals surface area contributed by atoms with Crippen LogP contribution in [0.3, 0.4) is 0 Å². The lowest BCUT2D eigenvalue weighted by atomic mass is 9.92. The van der Waals surface area contributed by atoms with Crippen molar-refractivity contribution >= 4 is 28.6 Å². The van der Waals surface area contributed by atoms with Crippen molar-refractivity contribution in [1.29, 1.82) is 0 Å². The summed E-state index contributed by atoms with van der Waals surface area (Å²) in [7, 11) is 0. The highest BCUT2D eigenvalue weighted by Gasteiger charge is 2.38. The molecule has 2 aliphatic heterocycles. The van der Waals surface area contributed by atoms with Gasteiger partial charge in [-0.25, -0.2) is 9.37 Å². The molecule has 0 unspecified atom stereocenters. The van der Waals surface area contributed by atoms with Crippen LogP contribution < -0.4 is 10.2 Å². The Morgan fingerprint density at radius 1 is 1.09 bits per heavy atom. The van der Waals surface area contributed by atoms with Gasteiger partial charge in [-0.2, -0.15) is 0 Å². The number of amides is 1. The number of fused-ring (bicyclic) bond motifs is 1. The summed E-state index contributed by atoms with van der Waals surface area (Å²) in [5.74, 6) is 0.662. The van der Waals surface area contributed by atoms with Crippen LogP contribution in [0.5, 0.6) is 0 Å². The first-order chi connectivity index (χ1) is 16.9. The lowest BCUT2D eigenvalue weighted by Gasteiger charge is -2.25. The number of pyridine rings is 2. The van der Waals surface area contributed by atoms with Gasteiger partial charge in [-0.15, -0.1) is 0 Å². The van der Waals surface area contributed by atoms with Crippen molar-refractivity contribution in [2.75, 3.05) is 23.3 Å². The van der Waals surface area contributed by atoms with Crippen molar-refractivity contribution in [2.45, 2.75) is 32.8 Å². The number of hydrogen-bond acceptors (Lipinski definition) is 5. The maximum Gasteiger partial charge on any atom is 0.260 e. The minimum atomic E-state index is -0.658. The first-order valence-electron chi connectivity index (χ1n) is 11.7. The third-order valence-corrected chi connectivity index (χ3v) is 6.39. The Balaban J connectivity index is 1.47. The molecule has 0 atom stereocenters. The number of allylic oxidation sites excluding steroid dienone is 1. The molecule has 0 bridgehead atoms. The maximum atomic E-state index is 13.7. The monoisotopic (exact) mass is 470 g/mol. The Hall–Kier alpha value is -4.00. The molecule has 0 saturated carbocycles. The van der Waals surface area contributed by atoms with Crippen LogP contribution in [0.25, 0.3) is 11.1 Å². The Labute approximate surface area is 204 Å². The van der Waals surface area contributed by atoms with Gasteiger partial charge in [0.2, 0.25) is 0 Å². The number of nitrogens with one attached hydrogen (secondary N) is 1. The van der Waals surface area contributed by atoms with E-state index in [0.29, 0.717) is 22.6 Å². The average Bonchev–Trinajstić information content (AvgIpc) is 3.34. The lowest BCUT2D eigenvalue weighted by molar-refractivity contribution is -0.111. The standard InChI is InChI=1S/C28H27FN4O2/c1-4-33(14-11-20-7-5-6-12-30-20)25-15-18(10-13-31-25)22-17-24(35-28(22,2)3)26-21-9-8-19(29)16-23(21)32-27(26)34/h5-10,12-13,15-17H,4,11,14H2,1-3H3,(H,32,34). The van der Waals surface area contributed by atoms with Crippen molar-refractivity contribution in [3.8, 4) is 0 Å². The lowest BCUT2D eigenvalue weighted by Crippen LogP contribution is -2.27. The second-order valence-corrected chi connectivity index (χ2v) is 9.11. The number of nitrogens with zero attached hydrogens (tertiary/aromatic N) is 3. The van der Waals surface area contributed by atoms with Crippen LogP contribution in [0.4, 0.5) is 15.9 Å². The molecule has 6 nitrogen and oxygen atoms in total. The van der Waals surface area contributed by atoms with E-state index in [0.717, 1.165) is 42.2 Å². The minimum Gasteiger partial charge on any atom is -0.482 e. The second-order valence-electron chi connectivity index (χ2n) is 9.11. The summed E-state index contributed by atoms with van der Waals surface area (Å²) < 4.78 is 19.9. The van der Waals surface area contributed by atoms with E-state index in [1.807, 2.05) is 50.4 Å². The zero-order chi connectivity index (χ0) is 24.6. The number of hydrogen-bond donors (Lipinski definition) is 1. The number of halogens is 1. The van der Waals surface area contributed by atoms with Gasteiger partial charge in [-0.3, -0.25) is 9.78 Å². The van der Waals surface area contributed by atoms with E-state index in [1.165, 1.54) is 12.1 Å². The van der Waals surface area contributed by atoms with Gasteiger partial charge in [0.05, 0.1) is 11.3 Å². The Bertz CT molecular complexity index is 1350. The van der Waals surface area contributed by atoms with E-state index in [1.54, 1.807) is 12.3 Å². The molecule has 35 heavy (non-hydrogen) atoms. The zero-order valence-corrected chi connectivity index (χ0v) is 20.0. The summed E-state index contributed by atoms with van der Waals surface area (Å²) in [6, 6.07) is 14.2. The van der Waals surface area contributed by atoms with Gasteiger partial charge in [-0.05, 0) is 74.9 Å². The number of anilines is 2. The van der Waals surface area contributed by atoms with Gasteiger partial charge < -0.3 is 15.0 Å². The molecule has 7 heteroatoms. The molecule has 178 valence electrons. The molecule has 0 saturated heterocycles. The van der Waals surface area contributed by atoms with Crippen molar-refractivity contribution < 1.29 is 13.9 Å². The molecule has 0 aliphatic carbocycles. The Morgan fingerprint density at radius 3 is 2.71 bits per heavy atom. The van der Waals surface area contributed by atoms with Gasteiger partial charge in [0.1, 0.15) is 23.0 Å². The molecule has 0 radical (unpaired) electrons. The highest BCUT2D eigenvalue weighted by atomic mass is 19.1. The van der Waals surface area contributed by atoms with Gasteiger partial charge in [0, 0.05) is 48.7 Å². The Morgan fingerprint density at radius 2 is 1.94 bits per heavy atom. The van der Waals surface area contributed by atoms with Crippen molar-refractivity contribution in [3.63, 3.8) is 0 Å². The van der Waals surface area contributed by atoms with Crippen molar-refractivity contribution in [1.82, 2.24) is 9.97 Å². The number of carbonyl (C=O) groups is 1. The molecule has 1 amide bonds. The first kappa shape index (κ1) is 22.8. The fourth-order valence-corrected chi connectivity index (χ4v) is 4.60. The molecule has 2 aliphatic rings. The summed E-state index contributed by atoms with van der Waals surface area (Å²) in [5, 5.41) is 2.74. The minimum absolute atomic E-state index is 0.295. The molecular weight excluding hydrogens is 443 g/mol. The highest BCUT2D eigenvalue weighted by Crippen LogP contribution is 2.44. The molecular formula is C28H27FN4O2. The van der Waals surface area contributed by atoms with Gasteiger partial charge in [0.25, 0.3) is 5.91 Å². The van der Waals surface area contributed by atoms with Gasteiger partial charge >= 0.3 is 0 Å². The van der Waals surface area contributed by atoms with Gasteiger partial charge in [-0.1, -0.05) is 6.07 Å². The average molecular weight is 471 g/mol. The fourth-order valence-electron chi connectivity index (χ4n) is 4.60. The van der Waals surface area contributed by atoms with Gasteiger partial charge in [0.15, 0.2) is 0 Å². The second kappa shape index (κ2) is 8.98. The molecule has 3 aromatic rings. The fraction of sp³-hybridized carbons (Fsp3) is 0.250. The molecule has 0 fully saturated rings. The molecule has 4 heterocycles. The summed E-state index contributed by atoms with van der Waals surface area (Å²) in [6.45, 7) is 7.67. The number of likely N-dealkylation sites (N-methyl/N-ethyl adjacent to an activating group) is 1. The van der Waals surface area contributed by atoms with Crippen LogP contribution in [-0.2, 0) is 16.0 Å². The van der Waals surface area contributed by atoms with E-state index in [9.17, 15) is 9.18 Å². The summed E-state index contributed by atoms with van der Waals surface area (Å²) in [5.41, 5.74) is 3.83. The third kappa shape index (κ3) is 4.41. The number of benzene rings is 1. The summed E-state index contributed by atoms with van der Waals surface area (Å²) in [4.78, 5) is 24.0. The normalized spacial score (nSPS) is 18.1. The smallest absolute Gasteiger partial charge is 0.260 e. The van der Waals surface area contributed by atoms with E-state index < -0.39 is 11.4 Å². The molecule has 1 aromatic carbocycles. The molecule has 1 N–H and O–H groups in total. The van der Waals surface area contributed by atoms with Crippen LogP contribution in [0.1, 0.15) is 37.6 Å². The van der Waals surface area contributed by atoms with Crippen LogP contribution in [0.2, 0.25) is 0 Å². The van der Waals surface area contributed by atoms with Crippen molar-refractivity contribution in [3.05, 3.63) is 95.4 Å². The van der Waals surface area contributed by atoms with E-state index >= 15 is 0 Å². The van der Waals surface area contributed by atoms with E-state index in [2.05, 4.69) is 33.2 Å². The number of rotatable bonds is 6. The first-order valence-corrected chi connectivity index (χ1v) is 11.7. The molecule has 2 aromatic heterocycles. The quantitative estimate of drug-likeness (QED) is 0.499. The number of aromatic nitrogens is 2. The molecule has 0 spiro atoms. The third-order valence-electron chi connectivity index (χ3n) is 6.39. The number of ether oxygens (including phenoxy) is 1. The topological polar surface area (TPSA) is 67.4 Å². The van der Waals surface area contributed by atoms with Crippen LogP contribution in [0.15, 0.2) is 72.8 Å². The predicted octanol–water partition coefficient (Wildman–Crippen LogP) is 5.24. The number of carbonyl (C=O) groups excluding carboxylic acids is 1. The summed E-state index contributed by atoms with van der Waals surface area (Å²) >= 11 is 0. The van der Waals surface area contributed by atoms with Crippen LogP contribution in [0, 0.1) is 5.82 Å². The van der Waals surface area contributed by atoms with E-state index in [4.69, 9.17) is 4.74 Å². The summed E-state index contributed by atoms with van der Waals surface area (Å²) in [6.07, 6.45) is 6.35. The zero-order valence-electron chi connectivity index (χ0n) is 20.0. The predicted molar refractivity (Wildman–Crippen MR) is 135 cm³/mol. The van der Waals surface area contributed by atoms with E-state index in [-0.39, 0.29) is 5.91 Å². The van der Waals surface area contributed by atoms with Crippen LogP contribution >= 0.6 is 0 Å². The Kier molecular flexibility index (Phi) is 5.84. The van der Waals surface area contributed by atoms with Crippen LogP contribution in [-0.4, -0.2) is 34.6 Å². The molecule has 5 rings (SSSR count). The van der Waals surface area contributed by atoms with Crippen molar-refractivity contribution in [2.24, 2.45) is 0 Å². The maximum absolute atomic E-state index is 13.7. The SMILES string of the molecule is CCN(CCc1ccccn1)c1cc(C2=CC(=C3C(=O)Nc4cc(F)ccc43)OC2(C)C)ccn1. The largest absolute Gasteiger partial charge is 0.482 e. The highest BCUT2D eigenvalue weighted by molar-refractivity contribution is 6.32.